The van der Waals surface area contributed by atoms with Crippen LogP contribution in [0.3, 0.4) is 0 Å². The molecule has 2 rings (SSSR count). The molecule has 1 aliphatic carbocycles. The number of carbonyl (C=O) groups excluding carboxylic acids is 6. The summed E-state index contributed by atoms with van der Waals surface area (Å²) in [6.45, 7) is 2.22. The van der Waals surface area contributed by atoms with Crippen LogP contribution >= 0.6 is 0 Å². The number of carbonyl (C=O) groups is 6. The fraction of sp³-hybridized carbons (Fsp3) is 0.455. The standard InChI is InChI=1S/C22H27N3O7/c1-13(28)23-19-9-18(21(19)25(3)14(2)29)22(31)32-12-20(30)24-17-6-4-15(5-7-17)8-16(10-26)11-27/h4-7,10-11,16,18-19,21H,8-9,12H2,1-3H3,(H,23,28)(H,24,30). The molecular formula is C22H27N3O7. The highest BCUT2D eigenvalue weighted by Crippen LogP contribution is 2.33. The van der Waals surface area contributed by atoms with Crippen LogP contribution in [0.5, 0.6) is 0 Å². The normalized spacial score (nSPS) is 19.3. The Morgan fingerprint density at radius 3 is 2.28 bits per heavy atom. The zero-order valence-corrected chi connectivity index (χ0v) is 18.2. The number of esters is 1. The van der Waals surface area contributed by atoms with Gasteiger partial charge in [-0.1, -0.05) is 12.1 Å². The van der Waals surface area contributed by atoms with Gasteiger partial charge in [0.1, 0.15) is 12.6 Å². The minimum Gasteiger partial charge on any atom is -0.455 e. The zero-order chi connectivity index (χ0) is 23.8. The van der Waals surface area contributed by atoms with E-state index in [4.69, 9.17) is 4.74 Å². The van der Waals surface area contributed by atoms with Crippen molar-refractivity contribution >= 4 is 42.0 Å². The Morgan fingerprint density at radius 1 is 1.12 bits per heavy atom. The van der Waals surface area contributed by atoms with E-state index in [-0.39, 0.29) is 24.3 Å². The van der Waals surface area contributed by atoms with Gasteiger partial charge in [0.2, 0.25) is 11.8 Å². The molecule has 2 N–H and O–H groups in total. The lowest BCUT2D eigenvalue weighted by Gasteiger charge is -2.47. The number of rotatable bonds is 10. The fourth-order valence-corrected chi connectivity index (χ4v) is 3.59. The van der Waals surface area contributed by atoms with Crippen LogP contribution in [0.25, 0.3) is 0 Å². The zero-order valence-electron chi connectivity index (χ0n) is 18.2. The number of likely N-dealkylation sites (N-methyl/N-ethyl adjacent to an activating group) is 1. The van der Waals surface area contributed by atoms with Crippen LogP contribution in [-0.2, 0) is 39.9 Å². The number of nitrogens with one attached hydrogen (secondary N) is 2. The van der Waals surface area contributed by atoms with Crippen molar-refractivity contribution in [1.82, 2.24) is 10.2 Å². The number of ether oxygens (including phenoxy) is 1. The topological polar surface area (TPSA) is 139 Å². The Bertz CT molecular complexity index is 876. The van der Waals surface area contributed by atoms with E-state index in [1.807, 2.05) is 0 Å². The Morgan fingerprint density at radius 2 is 1.75 bits per heavy atom. The molecule has 0 spiro atoms. The highest BCUT2D eigenvalue weighted by Gasteiger charge is 2.49. The average Bonchev–Trinajstić information content (AvgIpc) is 2.73. The molecule has 172 valence electrons. The highest BCUT2D eigenvalue weighted by atomic mass is 16.5. The van der Waals surface area contributed by atoms with Crippen LogP contribution in [0.4, 0.5) is 5.69 Å². The largest absolute Gasteiger partial charge is 0.455 e. The molecule has 0 aromatic heterocycles. The summed E-state index contributed by atoms with van der Waals surface area (Å²) in [5.74, 6) is -3.03. The molecule has 10 nitrogen and oxygen atoms in total. The van der Waals surface area contributed by atoms with E-state index >= 15 is 0 Å². The van der Waals surface area contributed by atoms with Crippen LogP contribution in [-0.4, -0.2) is 66.9 Å². The van der Waals surface area contributed by atoms with Gasteiger partial charge >= 0.3 is 5.97 Å². The second-order valence-corrected chi connectivity index (χ2v) is 7.76. The van der Waals surface area contributed by atoms with Gasteiger partial charge in [-0.15, -0.1) is 0 Å². The van der Waals surface area contributed by atoms with E-state index in [9.17, 15) is 28.8 Å². The van der Waals surface area contributed by atoms with Gasteiger partial charge in [-0.3, -0.25) is 19.2 Å². The summed E-state index contributed by atoms with van der Waals surface area (Å²) in [5, 5.41) is 5.30. The molecule has 0 radical (unpaired) electrons. The number of nitrogens with zero attached hydrogens (tertiary/aromatic N) is 1. The Labute approximate surface area is 185 Å². The fourth-order valence-electron chi connectivity index (χ4n) is 3.59. The third-order valence-corrected chi connectivity index (χ3v) is 5.37. The Balaban J connectivity index is 1.87. The molecule has 1 aromatic rings. The number of aldehydes is 2. The summed E-state index contributed by atoms with van der Waals surface area (Å²) >= 11 is 0. The van der Waals surface area contributed by atoms with E-state index in [0.29, 0.717) is 24.7 Å². The van der Waals surface area contributed by atoms with E-state index < -0.39 is 36.4 Å². The molecule has 3 atom stereocenters. The molecular weight excluding hydrogens is 418 g/mol. The highest BCUT2D eigenvalue weighted by molar-refractivity contribution is 5.93. The van der Waals surface area contributed by atoms with Gasteiger partial charge < -0.3 is 29.9 Å². The molecule has 0 saturated heterocycles. The van der Waals surface area contributed by atoms with Gasteiger partial charge in [0.05, 0.1) is 23.9 Å². The van der Waals surface area contributed by atoms with Crippen molar-refractivity contribution in [3.05, 3.63) is 29.8 Å². The number of benzene rings is 1. The van der Waals surface area contributed by atoms with E-state index in [0.717, 1.165) is 5.56 Å². The Hall–Kier alpha value is -3.56. The van der Waals surface area contributed by atoms with Crippen molar-refractivity contribution in [3.8, 4) is 0 Å². The molecule has 3 unspecified atom stereocenters. The maximum atomic E-state index is 12.4. The van der Waals surface area contributed by atoms with Crippen LogP contribution in [0.1, 0.15) is 25.8 Å². The van der Waals surface area contributed by atoms with Crippen LogP contribution in [0.15, 0.2) is 24.3 Å². The lowest BCUT2D eigenvalue weighted by Crippen LogP contribution is -2.65. The first kappa shape index (κ1) is 24.7. The molecule has 32 heavy (non-hydrogen) atoms. The van der Waals surface area contributed by atoms with Crippen molar-refractivity contribution in [1.29, 1.82) is 0 Å². The second-order valence-electron chi connectivity index (χ2n) is 7.76. The SMILES string of the molecule is CC(=O)NC1CC(C(=O)OCC(=O)Nc2ccc(CC(C=O)C=O)cc2)C1N(C)C(C)=O. The average molecular weight is 445 g/mol. The minimum atomic E-state index is -0.711. The first-order valence-corrected chi connectivity index (χ1v) is 10.1. The van der Waals surface area contributed by atoms with Crippen molar-refractivity contribution < 1.29 is 33.5 Å². The molecule has 0 bridgehead atoms. The third-order valence-electron chi connectivity index (χ3n) is 5.37. The van der Waals surface area contributed by atoms with E-state index in [1.165, 1.54) is 18.7 Å². The maximum absolute atomic E-state index is 12.4. The molecule has 10 heteroatoms. The minimum absolute atomic E-state index is 0.253. The van der Waals surface area contributed by atoms with Gasteiger partial charge in [-0.25, -0.2) is 0 Å². The van der Waals surface area contributed by atoms with Crippen LogP contribution < -0.4 is 10.6 Å². The summed E-state index contributed by atoms with van der Waals surface area (Å²) in [6.07, 6.45) is 1.74. The molecule has 0 heterocycles. The van der Waals surface area contributed by atoms with Crippen molar-refractivity contribution in [2.45, 2.75) is 38.8 Å². The summed E-state index contributed by atoms with van der Waals surface area (Å²) in [7, 11) is 1.55. The van der Waals surface area contributed by atoms with Crippen LogP contribution in [0.2, 0.25) is 0 Å². The predicted octanol–water partition coefficient (Wildman–Crippen LogP) is 0.0963. The predicted molar refractivity (Wildman–Crippen MR) is 113 cm³/mol. The monoisotopic (exact) mass is 445 g/mol. The molecule has 1 aromatic carbocycles. The van der Waals surface area contributed by atoms with E-state index in [1.54, 1.807) is 31.3 Å². The number of amides is 3. The van der Waals surface area contributed by atoms with Gasteiger partial charge in [0.15, 0.2) is 6.61 Å². The second kappa shape index (κ2) is 11.2. The molecule has 1 fully saturated rings. The van der Waals surface area contributed by atoms with E-state index in [2.05, 4.69) is 10.6 Å². The summed E-state index contributed by atoms with van der Waals surface area (Å²) in [4.78, 5) is 70.5. The van der Waals surface area contributed by atoms with Gasteiger partial charge in [-0.2, -0.15) is 0 Å². The van der Waals surface area contributed by atoms with Crippen molar-refractivity contribution in [2.75, 3.05) is 19.0 Å². The molecule has 3 amide bonds. The number of hydrogen-bond acceptors (Lipinski definition) is 7. The van der Waals surface area contributed by atoms with Crippen molar-refractivity contribution in [2.24, 2.45) is 11.8 Å². The quantitative estimate of drug-likeness (QED) is 0.296. The summed E-state index contributed by atoms with van der Waals surface area (Å²) in [5.41, 5.74) is 1.23. The van der Waals surface area contributed by atoms with Gasteiger partial charge in [0.25, 0.3) is 5.91 Å². The first-order valence-electron chi connectivity index (χ1n) is 10.1. The maximum Gasteiger partial charge on any atom is 0.311 e. The van der Waals surface area contributed by atoms with Gasteiger partial charge in [-0.05, 0) is 30.5 Å². The Kier molecular flexibility index (Phi) is 8.62. The van der Waals surface area contributed by atoms with Crippen molar-refractivity contribution in [3.63, 3.8) is 0 Å². The number of anilines is 1. The summed E-state index contributed by atoms with van der Waals surface area (Å²) in [6, 6.07) is 5.69. The number of hydrogen-bond donors (Lipinski definition) is 2. The molecule has 1 saturated carbocycles. The molecule has 1 aliphatic rings. The first-order chi connectivity index (χ1) is 15.2. The molecule has 0 aliphatic heterocycles. The summed E-state index contributed by atoms with van der Waals surface area (Å²) < 4.78 is 5.12. The smallest absolute Gasteiger partial charge is 0.311 e. The third kappa shape index (κ3) is 6.47. The van der Waals surface area contributed by atoms with Crippen LogP contribution in [0, 0.1) is 11.8 Å². The lowest BCUT2D eigenvalue weighted by atomic mass is 9.73. The lowest BCUT2D eigenvalue weighted by molar-refractivity contribution is -0.162. The van der Waals surface area contributed by atoms with Gasteiger partial charge in [0, 0.05) is 26.6 Å².